The van der Waals surface area contributed by atoms with Crippen LogP contribution in [0.5, 0.6) is 0 Å². The van der Waals surface area contributed by atoms with Crippen molar-refractivity contribution in [3.8, 4) is 0 Å². The number of benzene rings is 3. The second kappa shape index (κ2) is 10.7. The van der Waals surface area contributed by atoms with Gasteiger partial charge in [-0.05, 0) is 34.7 Å². The van der Waals surface area contributed by atoms with Crippen molar-refractivity contribution in [2.75, 3.05) is 0 Å². The molecule has 0 saturated heterocycles. The highest BCUT2D eigenvalue weighted by molar-refractivity contribution is 7.89. The molecule has 1 N–H and O–H groups in total. The lowest BCUT2D eigenvalue weighted by atomic mass is 10.1. The van der Waals surface area contributed by atoms with Crippen LogP contribution in [0.4, 0.5) is 0 Å². The fraction of sp³-hybridized carbons (Fsp3) is 0.308. The van der Waals surface area contributed by atoms with E-state index in [9.17, 15) is 8.42 Å². The van der Waals surface area contributed by atoms with Gasteiger partial charge in [0.05, 0.1) is 4.90 Å². The van der Waals surface area contributed by atoms with E-state index in [4.69, 9.17) is 0 Å². The second-order valence-electron chi connectivity index (χ2n) is 8.08. The number of rotatable bonds is 10. The predicted molar refractivity (Wildman–Crippen MR) is 127 cm³/mol. The standard InChI is InChI=1S/C26H32N2O2S/c1-4-25-16-15-24(18-27-21(2)3)17-26(25)31(29,30)28(19-22-11-7-5-8-12-22)20-23-13-9-6-10-14-23/h5-17,21,27H,4,18-20H2,1-3H3. The Balaban J connectivity index is 2.01. The van der Waals surface area contributed by atoms with Crippen LogP contribution in [-0.2, 0) is 36.1 Å². The zero-order valence-corrected chi connectivity index (χ0v) is 19.4. The summed E-state index contributed by atoms with van der Waals surface area (Å²) in [5.41, 5.74) is 3.76. The summed E-state index contributed by atoms with van der Waals surface area (Å²) in [6.07, 6.45) is 0.664. The number of hydrogen-bond donors (Lipinski definition) is 1. The minimum Gasteiger partial charge on any atom is -0.310 e. The molecule has 0 aliphatic rings. The van der Waals surface area contributed by atoms with Gasteiger partial charge in [0.15, 0.2) is 0 Å². The summed E-state index contributed by atoms with van der Waals surface area (Å²) >= 11 is 0. The maximum Gasteiger partial charge on any atom is 0.243 e. The summed E-state index contributed by atoms with van der Waals surface area (Å²) in [5, 5.41) is 3.38. The first-order valence-corrected chi connectivity index (χ1v) is 12.3. The van der Waals surface area contributed by atoms with E-state index in [0.717, 1.165) is 22.3 Å². The smallest absolute Gasteiger partial charge is 0.243 e. The van der Waals surface area contributed by atoms with E-state index < -0.39 is 10.0 Å². The van der Waals surface area contributed by atoms with Gasteiger partial charge in [0, 0.05) is 25.7 Å². The number of aryl methyl sites for hydroxylation is 1. The molecule has 0 spiro atoms. The van der Waals surface area contributed by atoms with Gasteiger partial charge in [0.1, 0.15) is 0 Å². The summed E-state index contributed by atoms with van der Waals surface area (Å²) in [6.45, 7) is 7.46. The third kappa shape index (κ3) is 6.26. The van der Waals surface area contributed by atoms with Crippen LogP contribution in [0.25, 0.3) is 0 Å². The zero-order valence-electron chi connectivity index (χ0n) is 18.6. The van der Waals surface area contributed by atoms with E-state index >= 15 is 0 Å². The lowest BCUT2D eigenvalue weighted by Crippen LogP contribution is -2.31. The minimum absolute atomic E-state index is 0.329. The third-order valence-electron chi connectivity index (χ3n) is 5.25. The normalized spacial score (nSPS) is 11.9. The van der Waals surface area contributed by atoms with E-state index in [1.165, 1.54) is 0 Å². The van der Waals surface area contributed by atoms with Crippen LogP contribution in [0.15, 0.2) is 83.8 Å². The van der Waals surface area contributed by atoms with Crippen LogP contribution in [-0.4, -0.2) is 18.8 Å². The van der Waals surface area contributed by atoms with Gasteiger partial charge in [-0.15, -0.1) is 0 Å². The topological polar surface area (TPSA) is 49.4 Å². The second-order valence-corrected chi connectivity index (χ2v) is 9.98. The molecule has 0 bridgehead atoms. The molecule has 3 aromatic carbocycles. The van der Waals surface area contributed by atoms with Crippen LogP contribution < -0.4 is 5.32 Å². The summed E-state index contributed by atoms with van der Waals surface area (Å²) < 4.78 is 29.4. The van der Waals surface area contributed by atoms with Crippen LogP contribution in [0.1, 0.15) is 43.0 Å². The van der Waals surface area contributed by atoms with Gasteiger partial charge in [0.25, 0.3) is 0 Å². The summed E-state index contributed by atoms with van der Waals surface area (Å²) in [7, 11) is -3.70. The fourth-order valence-electron chi connectivity index (χ4n) is 3.50. The molecular weight excluding hydrogens is 404 g/mol. The Labute approximate surface area is 187 Å². The quantitative estimate of drug-likeness (QED) is 0.479. The van der Waals surface area contributed by atoms with Crippen molar-refractivity contribution in [3.63, 3.8) is 0 Å². The van der Waals surface area contributed by atoms with Crippen LogP contribution in [0.3, 0.4) is 0 Å². The van der Waals surface area contributed by atoms with Gasteiger partial charge in [0.2, 0.25) is 10.0 Å². The first kappa shape index (κ1) is 23.2. The molecule has 4 nitrogen and oxygen atoms in total. The van der Waals surface area contributed by atoms with Crippen molar-refractivity contribution in [1.82, 2.24) is 9.62 Å². The molecule has 31 heavy (non-hydrogen) atoms. The van der Waals surface area contributed by atoms with Crippen molar-refractivity contribution in [2.45, 2.75) is 57.8 Å². The fourth-order valence-corrected chi connectivity index (χ4v) is 5.26. The van der Waals surface area contributed by atoms with E-state index in [2.05, 4.69) is 19.2 Å². The molecule has 0 aromatic heterocycles. The molecule has 3 rings (SSSR count). The van der Waals surface area contributed by atoms with Gasteiger partial charge in [-0.1, -0.05) is 93.6 Å². The average Bonchev–Trinajstić information content (AvgIpc) is 2.78. The van der Waals surface area contributed by atoms with Crippen molar-refractivity contribution in [2.24, 2.45) is 0 Å². The van der Waals surface area contributed by atoms with Crippen molar-refractivity contribution >= 4 is 10.0 Å². The Bertz CT molecular complexity index is 1020. The Morgan fingerprint density at radius 3 is 1.84 bits per heavy atom. The third-order valence-corrected chi connectivity index (χ3v) is 7.12. The zero-order chi connectivity index (χ0) is 22.3. The molecule has 0 atom stereocenters. The first-order valence-electron chi connectivity index (χ1n) is 10.8. The SMILES string of the molecule is CCc1ccc(CNC(C)C)cc1S(=O)(=O)N(Cc1ccccc1)Cc1ccccc1. The average molecular weight is 437 g/mol. The predicted octanol–water partition coefficient (Wildman–Crippen LogP) is 5.14. The highest BCUT2D eigenvalue weighted by Gasteiger charge is 2.27. The molecular formula is C26H32N2O2S. The Hall–Kier alpha value is -2.47. The Morgan fingerprint density at radius 2 is 1.35 bits per heavy atom. The van der Waals surface area contributed by atoms with Gasteiger partial charge >= 0.3 is 0 Å². The molecule has 3 aromatic rings. The van der Waals surface area contributed by atoms with E-state index in [0.29, 0.717) is 37.0 Å². The maximum absolute atomic E-state index is 13.9. The van der Waals surface area contributed by atoms with E-state index in [-0.39, 0.29) is 0 Å². The monoisotopic (exact) mass is 436 g/mol. The summed E-state index contributed by atoms with van der Waals surface area (Å²) in [4.78, 5) is 0.407. The molecule has 0 heterocycles. The minimum atomic E-state index is -3.70. The van der Waals surface area contributed by atoms with Gasteiger partial charge in [-0.2, -0.15) is 4.31 Å². The number of nitrogens with one attached hydrogen (secondary N) is 1. The maximum atomic E-state index is 13.9. The lowest BCUT2D eigenvalue weighted by molar-refractivity contribution is 0.400. The molecule has 0 amide bonds. The van der Waals surface area contributed by atoms with E-state index in [1.54, 1.807) is 4.31 Å². The Morgan fingerprint density at radius 1 is 0.806 bits per heavy atom. The van der Waals surface area contributed by atoms with Crippen molar-refractivity contribution < 1.29 is 8.42 Å². The van der Waals surface area contributed by atoms with Crippen molar-refractivity contribution in [1.29, 1.82) is 0 Å². The molecule has 0 aliphatic carbocycles. The van der Waals surface area contributed by atoms with Crippen LogP contribution >= 0.6 is 0 Å². The van der Waals surface area contributed by atoms with Gasteiger partial charge in [-0.25, -0.2) is 8.42 Å². The molecule has 5 heteroatoms. The largest absolute Gasteiger partial charge is 0.310 e. The summed E-state index contributed by atoms with van der Waals surface area (Å²) in [5.74, 6) is 0. The lowest BCUT2D eigenvalue weighted by Gasteiger charge is -2.24. The highest BCUT2D eigenvalue weighted by atomic mass is 32.2. The molecule has 0 fully saturated rings. The molecule has 0 aliphatic heterocycles. The van der Waals surface area contributed by atoms with Gasteiger partial charge in [-0.3, -0.25) is 0 Å². The first-order chi connectivity index (χ1) is 14.9. The van der Waals surface area contributed by atoms with Crippen molar-refractivity contribution in [3.05, 3.63) is 101 Å². The van der Waals surface area contributed by atoms with Crippen LogP contribution in [0.2, 0.25) is 0 Å². The van der Waals surface area contributed by atoms with E-state index in [1.807, 2.05) is 85.8 Å². The summed E-state index contributed by atoms with van der Waals surface area (Å²) in [6, 6.07) is 25.7. The molecule has 0 unspecified atom stereocenters. The Kier molecular flexibility index (Phi) is 8.02. The molecule has 0 radical (unpaired) electrons. The molecule has 0 saturated carbocycles. The number of sulfonamides is 1. The molecule has 164 valence electrons. The highest BCUT2D eigenvalue weighted by Crippen LogP contribution is 2.26. The van der Waals surface area contributed by atoms with Crippen LogP contribution in [0, 0.1) is 0 Å². The number of nitrogens with zero attached hydrogens (tertiary/aromatic N) is 1. The van der Waals surface area contributed by atoms with Gasteiger partial charge < -0.3 is 5.32 Å². The number of hydrogen-bond acceptors (Lipinski definition) is 3.